The van der Waals surface area contributed by atoms with Crippen molar-refractivity contribution in [2.45, 2.75) is 38.8 Å². The minimum absolute atomic E-state index is 0.255. The van der Waals surface area contributed by atoms with Gasteiger partial charge in [0.25, 0.3) is 0 Å². The van der Waals surface area contributed by atoms with Crippen molar-refractivity contribution >= 4 is 5.69 Å². The number of ether oxygens (including phenoxy) is 1. The first kappa shape index (κ1) is 12.2. The molecule has 0 fully saturated rings. The van der Waals surface area contributed by atoms with Crippen LogP contribution >= 0.6 is 0 Å². The van der Waals surface area contributed by atoms with Gasteiger partial charge in [-0.3, -0.25) is 0 Å². The number of rotatable bonds is 4. The molecule has 2 N–H and O–H groups in total. The summed E-state index contributed by atoms with van der Waals surface area (Å²) in [5.74, 6) is 0.946. The van der Waals surface area contributed by atoms with E-state index in [0.717, 1.165) is 25.1 Å². The van der Waals surface area contributed by atoms with Crippen molar-refractivity contribution in [1.29, 1.82) is 0 Å². The van der Waals surface area contributed by atoms with Crippen LogP contribution in [0.2, 0.25) is 0 Å². The minimum atomic E-state index is 0.255. The van der Waals surface area contributed by atoms with Gasteiger partial charge < -0.3 is 15.4 Å². The highest BCUT2D eigenvalue weighted by atomic mass is 16.5. The van der Waals surface area contributed by atoms with Crippen molar-refractivity contribution in [3.05, 3.63) is 23.8 Å². The summed E-state index contributed by atoms with van der Waals surface area (Å²) in [5, 5.41) is 0. The molecule has 1 aliphatic heterocycles. The monoisotopic (exact) mass is 234 g/mol. The summed E-state index contributed by atoms with van der Waals surface area (Å²) in [7, 11) is 1.72. The second-order valence-corrected chi connectivity index (χ2v) is 4.85. The van der Waals surface area contributed by atoms with Gasteiger partial charge in [0, 0.05) is 24.3 Å². The Morgan fingerprint density at radius 1 is 1.53 bits per heavy atom. The summed E-state index contributed by atoms with van der Waals surface area (Å²) in [6, 6.07) is 7.15. The highest BCUT2D eigenvalue weighted by Gasteiger charge is 2.28. The minimum Gasteiger partial charge on any atom is -0.497 e. The lowest BCUT2D eigenvalue weighted by Crippen LogP contribution is -2.36. The Morgan fingerprint density at radius 3 is 2.88 bits per heavy atom. The Hall–Kier alpha value is -1.22. The number of benzene rings is 1. The topological polar surface area (TPSA) is 38.5 Å². The van der Waals surface area contributed by atoms with Crippen LogP contribution in [-0.2, 0) is 6.42 Å². The number of methoxy groups -OCH3 is 1. The van der Waals surface area contributed by atoms with Crippen molar-refractivity contribution in [2.75, 3.05) is 18.6 Å². The van der Waals surface area contributed by atoms with E-state index in [1.807, 2.05) is 6.07 Å². The Kier molecular flexibility index (Phi) is 3.57. The molecule has 94 valence electrons. The lowest BCUT2D eigenvalue weighted by molar-refractivity contribution is 0.414. The predicted molar refractivity (Wildman–Crippen MR) is 71.8 cm³/mol. The molecule has 3 nitrogen and oxygen atoms in total. The van der Waals surface area contributed by atoms with E-state index < -0.39 is 0 Å². The zero-order valence-electron chi connectivity index (χ0n) is 10.9. The van der Waals surface area contributed by atoms with E-state index in [2.05, 4.69) is 30.9 Å². The molecule has 0 spiro atoms. The zero-order valence-corrected chi connectivity index (χ0v) is 10.9. The summed E-state index contributed by atoms with van der Waals surface area (Å²) >= 11 is 0. The Morgan fingerprint density at radius 2 is 2.29 bits per heavy atom. The van der Waals surface area contributed by atoms with Crippen LogP contribution in [0.1, 0.15) is 25.8 Å². The van der Waals surface area contributed by atoms with Crippen LogP contribution in [0.5, 0.6) is 5.75 Å². The molecule has 0 saturated carbocycles. The maximum Gasteiger partial charge on any atom is 0.119 e. The molecule has 3 heteroatoms. The Bertz CT molecular complexity index is 390. The maximum atomic E-state index is 5.93. The van der Waals surface area contributed by atoms with E-state index in [0.29, 0.717) is 6.04 Å². The molecule has 0 saturated heterocycles. The molecule has 0 bridgehead atoms. The second-order valence-electron chi connectivity index (χ2n) is 4.85. The van der Waals surface area contributed by atoms with Crippen LogP contribution in [-0.4, -0.2) is 25.7 Å². The van der Waals surface area contributed by atoms with Gasteiger partial charge in [-0.1, -0.05) is 0 Å². The molecule has 0 amide bonds. The molecule has 1 aromatic rings. The zero-order chi connectivity index (χ0) is 12.4. The van der Waals surface area contributed by atoms with E-state index in [1.165, 1.54) is 11.3 Å². The summed E-state index contributed by atoms with van der Waals surface area (Å²) < 4.78 is 5.28. The SMILES string of the molecule is CCN1c2ccc(OC)cc2CC1CC(C)N. The van der Waals surface area contributed by atoms with Crippen molar-refractivity contribution in [3.63, 3.8) is 0 Å². The van der Waals surface area contributed by atoms with Crippen molar-refractivity contribution in [3.8, 4) is 5.75 Å². The summed E-state index contributed by atoms with van der Waals surface area (Å²) in [6.45, 7) is 5.32. The average Bonchev–Trinajstić information content (AvgIpc) is 2.63. The van der Waals surface area contributed by atoms with Crippen LogP contribution in [0.15, 0.2) is 18.2 Å². The smallest absolute Gasteiger partial charge is 0.119 e. The van der Waals surface area contributed by atoms with Gasteiger partial charge in [0.15, 0.2) is 0 Å². The molecular weight excluding hydrogens is 212 g/mol. The molecule has 1 aromatic carbocycles. The van der Waals surface area contributed by atoms with Gasteiger partial charge in [0.05, 0.1) is 7.11 Å². The first-order chi connectivity index (χ1) is 8.15. The fraction of sp³-hybridized carbons (Fsp3) is 0.571. The highest BCUT2D eigenvalue weighted by molar-refractivity contribution is 5.61. The van der Waals surface area contributed by atoms with E-state index in [-0.39, 0.29) is 6.04 Å². The first-order valence-corrected chi connectivity index (χ1v) is 6.34. The second kappa shape index (κ2) is 4.96. The van der Waals surface area contributed by atoms with Crippen LogP contribution in [0.4, 0.5) is 5.69 Å². The van der Waals surface area contributed by atoms with E-state index >= 15 is 0 Å². The molecule has 0 aliphatic carbocycles. The molecule has 2 rings (SSSR count). The lowest BCUT2D eigenvalue weighted by atomic mass is 10.0. The number of likely N-dealkylation sites (N-methyl/N-ethyl adjacent to an activating group) is 1. The van der Waals surface area contributed by atoms with Gasteiger partial charge in [-0.15, -0.1) is 0 Å². The number of hydrogen-bond acceptors (Lipinski definition) is 3. The molecule has 0 aromatic heterocycles. The molecule has 2 unspecified atom stereocenters. The predicted octanol–water partition coefficient (Wildman–Crippen LogP) is 2.18. The molecule has 17 heavy (non-hydrogen) atoms. The summed E-state index contributed by atoms with van der Waals surface area (Å²) in [4.78, 5) is 2.46. The standard InChI is InChI=1S/C14H22N2O/c1-4-16-12(7-10(2)15)8-11-9-13(17-3)5-6-14(11)16/h5-6,9-10,12H,4,7-8,15H2,1-3H3. The number of nitrogens with zero attached hydrogens (tertiary/aromatic N) is 1. The molecule has 1 heterocycles. The van der Waals surface area contributed by atoms with Gasteiger partial charge in [-0.05, 0) is 50.5 Å². The maximum absolute atomic E-state index is 5.93. The largest absolute Gasteiger partial charge is 0.497 e. The molecule has 2 atom stereocenters. The van der Waals surface area contributed by atoms with E-state index in [4.69, 9.17) is 10.5 Å². The summed E-state index contributed by atoms with van der Waals surface area (Å²) in [5.41, 5.74) is 8.66. The third-order valence-electron chi connectivity index (χ3n) is 3.48. The van der Waals surface area contributed by atoms with Crippen molar-refractivity contribution in [2.24, 2.45) is 5.73 Å². The Labute approximate surface area is 104 Å². The quantitative estimate of drug-likeness (QED) is 0.868. The van der Waals surface area contributed by atoms with E-state index in [1.54, 1.807) is 7.11 Å². The molecule has 1 aliphatic rings. The Balaban J connectivity index is 2.24. The number of hydrogen-bond donors (Lipinski definition) is 1. The van der Waals surface area contributed by atoms with Gasteiger partial charge >= 0.3 is 0 Å². The van der Waals surface area contributed by atoms with Crippen molar-refractivity contribution in [1.82, 2.24) is 0 Å². The average molecular weight is 234 g/mol. The van der Waals surface area contributed by atoms with Gasteiger partial charge in [-0.25, -0.2) is 0 Å². The number of anilines is 1. The van der Waals surface area contributed by atoms with Gasteiger partial charge in [0.1, 0.15) is 5.75 Å². The first-order valence-electron chi connectivity index (χ1n) is 6.34. The van der Waals surface area contributed by atoms with Crippen molar-refractivity contribution < 1.29 is 4.74 Å². The lowest BCUT2D eigenvalue weighted by Gasteiger charge is -2.27. The van der Waals surface area contributed by atoms with E-state index in [9.17, 15) is 0 Å². The third kappa shape index (κ3) is 2.39. The van der Waals surface area contributed by atoms with Crippen LogP contribution in [0, 0.1) is 0 Å². The van der Waals surface area contributed by atoms with Crippen LogP contribution in [0.3, 0.4) is 0 Å². The third-order valence-corrected chi connectivity index (χ3v) is 3.48. The van der Waals surface area contributed by atoms with Gasteiger partial charge in [0.2, 0.25) is 0 Å². The number of nitrogens with two attached hydrogens (primary N) is 1. The van der Waals surface area contributed by atoms with Crippen LogP contribution < -0.4 is 15.4 Å². The number of fused-ring (bicyclic) bond motifs is 1. The molecular formula is C14H22N2O. The fourth-order valence-corrected chi connectivity index (χ4v) is 2.76. The summed E-state index contributed by atoms with van der Waals surface area (Å²) in [6.07, 6.45) is 2.13. The normalized spacial score (nSPS) is 20.2. The van der Waals surface area contributed by atoms with Gasteiger partial charge in [-0.2, -0.15) is 0 Å². The highest BCUT2D eigenvalue weighted by Crippen LogP contribution is 2.35. The molecule has 0 radical (unpaired) electrons. The van der Waals surface area contributed by atoms with Crippen LogP contribution in [0.25, 0.3) is 0 Å². The fourth-order valence-electron chi connectivity index (χ4n) is 2.76.